The fourth-order valence-electron chi connectivity index (χ4n) is 3.40. The number of ether oxygens (including phenoxy) is 1. The first-order valence-electron chi connectivity index (χ1n) is 8.07. The normalized spacial score (nSPS) is 18.1. The highest BCUT2D eigenvalue weighted by atomic mass is 16.5. The van der Waals surface area contributed by atoms with Crippen LogP contribution in [0.2, 0.25) is 0 Å². The largest absolute Gasteiger partial charge is 0.497 e. The van der Waals surface area contributed by atoms with Crippen LogP contribution in [0.25, 0.3) is 5.65 Å². The molecule has 0 radical (unpaired) electrons. The molecule has 0 unspecified atom stereocenters. The van der Waals surface area contributed by atoms with Crippen LogP contribution in [-0.2, 0) is 6.54 Å². The van der Waals surface area contributed by atoms with Gasteiger partial charge in [0.1, 0.15) is 11.4 Å². The highest BCUT2D eigenvalue weighted by Crippen LogP contribution is 2.36. The predicted molar refractivity (Wildman–Crippen MR) is 90.7 cm³/mol. The average molecular weight is 307 g/mol. The summed E-state index contributed by atoms with van der Waals surface area (Å²) in [5.74, 6) is 0.931. The van der Waals surface area contributed by atoms with Crippen molar-refractivity contribution in [2.45, 2.75) is 25.9 Å². The molecule has 0 amide bonds. The molecule has 23 heavy (non-hydrogen) atoms. The Labute approximate surface area is 136 Å². The van der Waals surface area contributed by atoms with E-state index < -0.39 is 0 Å². The van der Waals surface area contributed by atoms with E-state index >= 15 is 0 Å². The fraction of sp³-hybridized carbons (Fsp3) is 0.316. The minimum Gasteiger partial charge on any atom is -0.497 e. The molecule has 1 saturated heterocycles. The number of pyridine rings is 1. The van der Waals surface area contributed by atoms with Crippen LogP contribution in [0, 0.1) is 6.92 Å². The molecule has 3 heterocycles. The minimum atomic E-state index is 0.471. The van der Waals surface area contributed by atoms with E-state index in [-0.39, 0.29) is 0 Å². The van der Waals surface area contributed by atoms with Gasteiger partial charge in [-0.3, -0.25) is 4.90 Å². The third kappa shape index (κ3) is 2.49. The Kier molecular flexibility index (Phi) is 3.54. The van der Waals surface area contributed by atoms with E-state index in [1.165, 1.54) is 17.7 Å². The molecule has 118 valence electrons. The monoisotopic (exact) mass is 307 g/mol. The number of hydrogen-bond acceptors (Lipinski definition) is 3. The molecule has 3 aromatic rings. The highest BCUT2D eigenvalue weighted by molar-refractivity contribution is 5.43. The topological polar surface area (TPSA) is 29.8 Å². The van der Waals surface area contributed by atoms with Gasteiger partial charge >= 0.3 is 0 Å². The van der Waals surface area contributed by atoms with Crippen molar-refractivity contribution in [3.8, 4) is 5.75 Å². The van der Waals surface area contributed by atoms with Crippen LogP contribution < -0.4 is 4.74 Å². The molecule has 1 atom stereocenters. The fourth-order valence-corrected chi connectivity index (χ4v) is 3.40. The Hall–Kier alpha value is -2.33. The van der Waals surface area contributed by atoms with Crippen molar-refractivity contribution < 1.29 is 4.74 Å². The summed E-state index contributed by atoms with van der Waals surface area (Å²) in [6.07, 6.45) is 3.30. The van der Waals surface area contributed by atoms with Crippen LogP contribution in [0.1, 0.15) is 29.4 Å². The van der Waals surface area contributed by atoms with E-state index in [1.54, 1.807) is 7.11 Å². The summed E-state index contributed by atoms with van der Waals surface area (Å²) in [4.78, 5) is 7.18. The van der Waals surface area contributed by atoms with Gasteiger partial charge in [0.15, 0.2) is 0 Å². The molecule has 1 aromatic carbocycles. The van der Waals surface area contributed by atoms with Gasteiger partial charge in [-0.15, -0.1) is 0 Å². The van der Waals surface area contributed by atoms with Crippen molar-refractivity contribution in [1.82, 2.24) is 14.3 Å². The Bertz CT molecular complexity index is 840. The van der Waals surface area contributed by atoms with Crippen LogP contribution >= 0.6 is 0 Å². The number of aromatic nitrogens is 2. The predicted octanol–water partition coefficient (Wildman–Crippen LogP) is 3.60. The first kappa shape index (κ1) is 14.3. The van der Waals surface area contributed by atoms with Crippen LogP contribution in [-0.4, -0.2) is 27.9 Å². The number of rotatable bonds is 4. The first-order chi connectivity index (χ1) is 11.3. The number of hydrogen-bond donors (Lipinski definition) is 0. The Morgan fingerprint density at radius 2 is 2.13 bits per heavy atom. The third-order valence-electron chi connectivity index (χ3n) is 4.79. The molecule has 1 aliphatic rings. The van der Waals surface area contributed by atoms with Gasteiger partial charge in [0.25, 0.3) is 0 Å². The smallest absolute Gasteiger partial charge is 0.137 e. The van der Waals surface area contributed by atoms with E-state index in [0.29, 0.717) is 6.04 Å². The summed E-state index contributed by atoms with van der Waals surface area (Å²) in [5.41, 5.74) is 4.77. The van der Waals surface area contributed by atoms with Crippen LogP contribution in [0.5, 0.6) is 5.75 Å². The number of methoxy groups -OCH3 is 1. The summed E-state index contributed by atoms with van der Waals surface area (Å²) in [5, 5.41) is 0. The molecule has 0 spiro atoms. The summed E-state index contributed by atoms with van der Waals surface area (Å²) in [7, 11) is 1.72. The molecule has 4 heteroatoms. The molecule has 2 aromatic heterocycles. The zero-order valence-corrected chi connectivity index (χ0v) is 13.6. The molecule has 1 aliphatic heterocycles. The van der Waals surface area contributed by atoms with Gasteiger partial charge in [0.2, 0.25) is 0 Å². The van der Waals surface area contributed by atoms with E-state index in [2.05, 4.69) is 57.7 Å². The zero-order valence-electron chi connectivity index (χ0n) is 13.6. The van der Waals surface area contributed by atoms with Crippen molar-refractivity contribution >= 4 is 5.65 Å². The molecule has 1 fully saturated rings. The van der Waals surface area contributed by atoms with Gasteiger partial charge in [-0.2, -0.15) is 0 Å². The number of benzene rings is 1. The van der Waals surface area contributed by atoms with Crippen molar-refractivity contribution in [2.75, 3.05) is 13.7 Å². The lowest BCUT2D eigenvalue weighted by atomic mass is 9.94. The number of fused-ring (bicyclic) bond motifs is 1. The summed E-state index contributed by atoms with van der Waals surface area (Å²) in [6.45, 7) is 4.16. The molecule has 0 N–H and O–H groups in total. The number of aryl methyl sites for hydroxylation is 1. The third-order valence-corrected chi connectivity index (χ3v) is 4.79. The van der Waals surface area contributed by atoms with E-state index in [4.69, 9.17) is 4.74 Å². The molecule has 0 saturated carbocycles. The molecule has 4 rings (SSSR count). The maximum atomic E-state index is 5.36. The average Bonchev–Trinajstić information content (AvgIpc) is 2.87. The Morgan fingerprint density at radius 1 is 1.22 bits per heavy atom. The van der Waals surface area contributed by atoms with E-state index in [1.807, 2.05) is 12.1 Å². The maximum Gasteiger partial charge on any atom is 0.137 e. The van der Waals surface area contributed by atoms with E-state index in [0.717, 1.165) is 30.2 Å². The van der Waals surface area contributed by atoms with Gasteiger partial charge in [-0.05, 0) is 43.2 Å². The van der Waals surface area contributed by atoms with Crippen molar-refractivity contribution in [1.29, 1.82) is 0 Å². The highest BCUT2D eigenvalue weighted by Gasteiger charge is 2.30. The summed E-state index contributed by atoms with van der Waals surface area (Å²) < 4.78 is 7.56. The lowest BCUT2D eigenvalue weighted by molar-refractivity contribution is 0.0797. The van der Waals surface area contributed by atoms with Gasteiger partial charge < -0.3 is 9.14 Å². The van der Waals surface area contributed by atoms with E-state index in [9.17, 15) is 0 Å². The van der Waals surface area contributed by atoms with Crippen molar-refractivity contribution in [3.05, 3.63) is 65.6 Å². The Morgan fingerprint density at radius 3 is 2.91 bits per heavy atom. The quantitative estimate of drug-likeness (QED) is 0.737. The maximum absolute atomic E-state index is 5.36. The van der Waals surface area contributed by atoms with Crippen molar-refractivity contribution in [3.63, 3.8) is 0 Å². The minimum absolute atomic E-state index is 0.471. The van der Waals surface area contributed by atoms with Crippen LogP contribution in [0.15, 0.2) is 48.7 Å². The lowest BCUT2D eigenvalue weighted by Crippen LogP contribution is -2.40. The van der Waals surface area contributed by atoms with Gasteiger partial charge in [-0.1, -0.05) is 18.2 Å². The van der Waals surface area contributed by atoms with Gasteiger partial charge in [-0.25, -0.2) is 4.98 Å². The van der Waals surface area contributed by atoms with Gasteiger partial charge in [0.05, 0.1) is 18.5 Å². The van der Waals surface area contributed by atoms with Crippen LogP contribution in [0.3, 0.4) is 0 Å². The number of nitrogens with zero attached hydrogens (tertiary/aromatic N) is 3. The molecule has 0 aliphatic carbocycles. The zero-order chi connectivity index (χ0) is 15.8. The second-order valence-electron chi connectivity index (χ2n) is 6.12. The summed E-state index contributed by atoms with van der Waals surface area (Å²) >= 11 is 0. The second-order valence-corrected chi connectivity index (χ2v) is 6.12. The molecular formula is C19H21N3O. The SMILES string of the molecule is COc1cccc([C@@H]2CCN2Cc2c(C)nc3ccccn23)c1. The first-order valence-corrected chi connectivity index (χ1v) is 8.07. The molecular weight excluding hydrogens is 286 g/mol. The van der Waals surface area contributed by atoms with Crippen molar-refractivity contribution in [2.24, 2.45) is 0 Å². The second kappa shape index (κ2) is 5.70. The summed E-state index contributed by atoms with van der Waals surface area (Å²) in [6, 6.07) is 15.1. The lowest BCUT2D eigenvalue weighted by Gasteiger charge is -2.41. The standard InChI is InChI=1S/C19H21N3O/c1-14-18(22-10-4-3-8-19(22)20-14)13-21-11-9-17(21)15-6-5-7-16(12-15)23-2/h3-8,10,12,17H,9,11,13H2,1-2H3/t17-/m0/s1. The number of imidazole rings is 1. The van der Waals surface area contributed by atoms with Crippen LogP contribution in [0.4, 0.5) is 0 Å². The Balaban J connectivity index is 1.60. The molecule has 0 bridgehead atoms. The molecule has 4 nitrogen and oxygen atoms in total. The van der Waals surface area contributed by atoms with Gasteiger partial charge in [0, 0.05) is 25.3 Å². The number of likely N-dealkylation sites (tertiary alicyclic amines) is 1.